The molecule has 0 saturated carbocycles. The van der Waals surface area contributed by atoms with Gasteiger partial charge in [0.15, 0.2) is 6.29 Å². The van der Waals surface area contributed by atoms with Crippen LogP contribution in [-0.4, -0.2) is 25.3 Å². The molecule has 70 valence electrons. The van der Waals surface area contributed by atoms with E-state index in [0.29, 0.717) is 26.1 Å². The molecular formula is C9H16O3. The van der Waals surface area contributed by atoms with E-state index in [4.69, 9.17) is 9.47 Å². The number of hydrogen-bond acceptors (Lipinski definition) is 3. The first-order valence-electron chi connectivity index (χ1n) is 4.46. The molecular weight excluding hydrogens is 156 g/mol. The number of rotatable bonds is 4. The van der Waals surface area contributed by atoms with Crippen LogP contribution in [0.1, 0.15) is 26.7 Å². The lowest BCUT2D eigenvalue weighted by molar-refractivity contribution is -0.124. The highest BCUT2D eigenvalue weighted by atomic mass is 16.7. The topological polar surface area (TPSA) is 35.5 Å². The summed E-state index contributed by atoms with van der Waals surface area (Å²) < 4.78 is 10.4. The summed E-state index contributed by atoms with van der Waals surface area (Å²) in [5, 5.41) is 0. The van der Waals surface area contributed by atoms with Gasteiger partial charge in [0.1, 0.15) is 5.78 Å². The lowest BCUT2D eigenvalue weighted by Gasteiger charge is -2.08. The fourth-order valence-corrected chi connectivity index (χ4v) is 1.12. The number of hydrogen-bond donors (Lipinski definition) is 0. The number of ether oxygens (including phenoxy) is 2. The van der Waals surface area contributed by atoms with Gasteiger partial charge in [-0.15, -0.1) is 0 Å². The van der Waals surface area contributed by atoms with Gasteiger partial charge in [-0.3, -0.25) is 4.79 Å². The van der Waals surface area contributed by atoms with Gasteiger partial charge in [-0.25, -0.2) is 0 Å². The second-order valence-electron chi connectivity index (χ2n) is 3.33. The van der Waals surface area contributed by atoms with Crippen LogP contribution in [0.3, 0.4) is 0 Å². The minimum atomic E-state index is -0.132. The molecule has 0 radical (unpaired) electrons. The first kappa shape index (κ1) is 9.68. The number of Topliss-reactive ketones (excluding diaryl/α,β-unsaturated/α-hetero) is 1. The van der Waals surface area contributed by atoms with Gasteiger partial charge >= 0.3 is 0 Å². The smallest absolute Gasteiger partial charge is 0.158 e. The first-order chi connectivity index (χ1) is 5.70. The zero-order chi connectivity index (χ0) is 8.97. The van der Waals surface area contributed by atoms with Gasteiger partial charge in [0.25, 0.3) is 0 Å². The van der Waals surface area contributed by atoms with E-state index in [1.807, 2.05) is 13.8 Å². The van der Waals surface area contributed by atoms with E-state index in [1.165, 1.54) is 0 Å². The Kier molecular flexibility index (Phi) is 3.69. The predicted octanol–water partition coefficient (Wildman–Crippen LogP) is 1.36. The molecule has 12 heavy (non-hydrogen) atoms. The molecule has 0 N–H and O–H groups in total. The number of carbonyl (C=O) groups is 1. The second kappa shape index (κ2) is 4.58. The fraction of sp³-hybridized carbons (Fsp3) is 0.889. The Morgan fingerprint density at radius 2 is 2.00 bits per heavy atom. The summed E-state index contributed by atoms with van der Waals surface area (Å²) in [6, 6.07) is 0. The van der Waals surface area contributed by atoms with E-state index in [-0.39, 0.29) is 18.0 Å². The summed E-state index contributed by atoms with van der Waals surface area (Å²) in [6.07, 6.45) is 1.15. The van der Waals surface area contributed by atoms with Crippen LogP contribution >= 0.6 is 0 Å². The zero-order valence-corrected chi connectivity index (χ0v) is 7.71. The van der Waals surface area contributed by atoms with Crippen LogP contribution in [0.4, 0.5) is 0 Å². The minimum absolute atomic E-state index is 0.131. The average molecular weight is 172 g/mol. The first-order valence-corrected chi connectivity index (χ1v) is 4.46. The Labute approximate surface area is 73.0 Å². The lowest BCUT2D eigenvalue weighted by Crippen LogP contribution is -2.13. The van der Waals surface area contributed by atoms with Crippen molar-refractivity contribution in [1.82, 2.24) is 0 Å². The van der Waals surface area contributed by atoms with Gasteiger partial charge in [0.2, 0.25) is 0 Å². The Bertz CT molecular complexity index is 148. The summed E-state index contributed by atoms with van der Waals surface area (Å²) in [6.45, 7) is 5.17. The van der Waals surface area contributed by atoms with E-state index in [9.17, 15) is 4.79 Å². The molecule has 1 aliphatic rings. The van der Waals surface area contributed by atoms with Crippen LogP contribution in [0.5, 0.6) is 0 Å². The molecule has 0 amide bonds. The Balaban J connectivity index is 2.12. The van der Waals surface area contributed by atoms with Crippen LogP contribution in [0, 0.1) is 5.92 Å². The fourth-order valence-electron chi connectivity index (χ4n) is 1.12. The molecule has 0 spiro atoms. The molecule has 1 rings (SSSR count). The predicted molar refractivity (Wildman–Crippen MR) is 44.8 cm³/mol. The largest absolute Gasteiger partial charge is 0.350 e. The SMILES string of the molecule is CC(C)C(=O)CCC1OCCO1. The lowest BCUT2D eigenvalue weighted by atomic mass is 10.0. The van der Waals surface area contributed by atoms with Gasteiger partial charge in [-0.1, -0.05) is 13.8 Å². The summed E-state index contributed by atoms with van der Waals surface area (Å²) in [4.78, 5) is 11.2. The third-order valence-electron chi connectivity index (χ3n) is 1.96. The maximum Gasteiger partial charge on any atom is 0.158 e. The summed E-state index contributed by atoms with van der Waals surface area (Å²) in [5.41, 5.74) is 0. The molecule has 3 heteroatoms. The highest BCUT2D eigenvalue weighted by Crippen LogP contribution is 2.12. The van der Waals surface area contributed by atoms with Crippen molar-refractivity contribution in [3.63, 3.8) is 0 Å². The van der Waals surface area contributed by atoms with E-state index in [1.54, 1.807) is 0 Å². The minimum Gasteiger partial charge on any atom is -0.350 e. The van der Waals surface area contributed by atoms with Crippen molar-refractivity contribution in [3.8, 4) is 0 Å². The number of ketones is 1. The second-order valence-corrected chi connectivity index (χ2v) is 3.33. The normalized spacial score (nSPS) is 18.9. The van der Waals surface area contributed by atoms with Gasteiger partial charge in [0.05, 0.1) is 13.2 Å². The summed E-state index contributed by atoms with van der Waals surface area (Å²) >= 11 is 0. The molecule has 0 atom stereocenters. The molecule has 1 fully saturated rings. The molecule has 0 aliphatic carbocycles. The highest BCUT2D eigenvalue weighted by Gasteiger charge is 2.17. The molecule has 0 aromatic rings. The van der Waals surface area contributed by atoms with Crippen molar-refractivity contribution in [2.45, 2.75) is 33.0 Å². The standard InChI is InChI=1S/C9H16O3/c1-7(2)8(10)3-4-9-11-5-6-12-9/h7,9H,3-6H2,1-2H3. The molecule has 3 nitrogen and oxygen atoms in total. The zero-order valence-electron chi connectivity index (χ0n) is 7.71. The van der Waals surface area contributed by atoms with Crippen molar-refractivity contribution in [2.24, 2.45) is 5.92 Å². The molecule has 0 aromatic carbocycles. The van der Waals surface area contributed by atoms with Crippen molar-refractivity contribution in [2.75, 3.05) is 13.2 Å². The average Bonchev–Trinajstić information content (AvgIpc) is 2.51. The van der Waals surface area contributed by atoms with Crippen molar-refractivity contribution >= 4 is 5.78 Å². The van der Waals surface area contributed by atoms with Crippen molar-refractivity contribution < 1.29 is 14.3 Å². The van der Waals surface area contributed by atoms with E-state index in [2.05, 4.69) is 0 Å². The Morgan fingerprint density at radius 1 is 1.42 bits per heavy atom. The van der Waals surface area contributed by atoms with Gasteiger partial charge in [-0.2, -0.15) is 0 Å². The summed E-state index contributed by atoms with van der Waals surface area (Å²) in [7, 11) is 0. The van der Waals surface area contributed by atoms with Crippen LogP contribution in [0.25, 0.3) is 0 Å². The number of carbonyl (C=O) groups excluding carboxylic acids is 1. The Hall–Kier alpha value is -0.410. The molecule has 1 aliphatic heterocycles. The van der Waals surface area contributed by atoms with Gasteiger partial charge in [-0.05, 0) is 0 Å². The molecule has 0 unspecified atom stereocenters. The molecule has 0 bridgehead atoms. The van der Waals surface area contributed by atoms with Crippen LogP contribution in [0.2, 0.25) is 0 Å². The van der Waals surface area contributed by atoms with E-state index in [0.717, 1.165) is 0 Å². The van der Waals surface area contributed by atoms with Crippen LogP contribution < -0.4 is 0 Å². The Morgan fingerprint density at radius 3 is 2.50 bits per heavy atom. The van der Waals surface area contributed by atoms with Crippen LogP contribution in [-0.2, 0) is 14.3 Å². The highest BCUT2D eigenvalue weighted by molar-refractivity contribution is 5.80. The maximum absolute atomic E-state index is 11.2. The molecule has 1 heterocycles. The molecule has 1 saturated heterocycles. The third-order valence-corrected chi connectivity index (χ3v) is 1.96. The third kappa shape index (κ3) is 2.91. The van der Waals surface area contributed by atoms with E-state index >= 15 is 0 Å². The van der Waals surface area contributed by atoms with Crippen molar-refractivity contribution in [3.05, 3.63) is 0 Å². The monoisotopic (exact) mass is 172 g/mol. The van der Waals surface area contributed by atoms with Gasteiger partial charge in [0, 0.05) is 18.8 Å². The van der Waals surface area contributed by atoms with Crippen LogP contribution in [0.15, 0.2) is 0 Å². The maximum atomic E-state index is 11.2. The van der Waals surface area contributed by atoms with Crippen molar-refractivity contribution in [1.29, 1.82) is 0 Å². The van der Waals surface area contributed by atoms with E-state index < -0.39 is 0 Å². The summed E-state index contributed by atoms with van der Waals surface area (Å²) in [5.74, 6) is 0.417. The quantitative estimate of drug-likeness (QED) is 0.642. The van der Waals surface area contributed by atoms with Gasteiger partial charge < -0.3 is 9.47 Å². The molecule has 0 aromatic heterocycles.